The van der Waals surface area contributed by atoms with Crippen LogP contribution in [-0.2, 0) is 20.0 Å². The van der Waals surface area contributed by atoms with Gasteiger partial charge in [-0.25, -0.2) is 19.3 Å². The summed E-state index contributed by atoms with van der Waals surface area (Å²) < 4.78 is 6.34. The Morgan fingerprint density at radius 1 is 1.16 bits per heavy atom. The molecule has 2 aromatic carbocycles. The second-order valence-electron chi connectivity index (χ2n) is 7.34. The summed E-state index contributed by atoms with van der Waals surface area (Å²) >= 11 is 0. The number of esters is 1. The number of aromatic nitrogens is 3. The fourth-order valence-corrected chi connectivity index (χ4v) is 4.23. The van der Waals surface area contributed by atoms with Gasteiger partial charge < -0.3 is 9.84 Å². The van der Waals surface area contributed by atoms with E-state index in [4.69, 9.17) is 4.74 Å². The van der Waals surface area contributed by atoms with Gasteiger partial charge in [-0.2, -0.15) is 0 Å². The smallest absolute Gasteiger partial charge is 0.353 e. The number of amides is 1. The standard InChI is InChI=1S/C22H18N4O5/c1-2-31-20(28)14-9-7-13(8-10-14)18-23-19-15-5-3-4-6-16(15)25-17(27)11-12-22(25,21(29)30)26(19)24-18/h3-10H,2,11-12H2,1H3,(H,29,30). The molecule has 2 aliphatic rings. The Hall–Kier alpha value is -4.01. The summed E-state index contributed by atoms with van der Waals surface area (Å²) in [5.74, 6) is -1.17. The minimum absolute atomic E-state index is 0.0904. The average molecular weight is 418 g/mol. The average Bonchev–Trinajstić information content (AvgIpc) is 3.37. The number of nitrogens with zero attached hydrogens (tertiary/aromatic N) is 4. The van der Waals surface area contributed by atoms with Gasteiger partial charge in [-0.3, -0.25) is 9.69 Å². The molecule has 2 aliphatic heterocycles. The van der Waals surface area contributed by atoms with Crippen LogP contribution in [0.5, 0.6) is 0 Å². The summed E-state index contributed by atoms with van der Waals surface area (Å²) in [4.78, 5) is 43.0. The van der Waals surface area contributed by atoms with E-state index in [-0.39, 0.29) is 25.4 Å². The maximum Gasteiger partial charge on any atom is 0.353 e. The molecule has 1 fully saturated rings. The van der Waals surface area contributed by atoms with Crippen LogP contribution in [0.15, 0.2) is 48.5 Å². The Morgan fingerprint density at radius 2 is 1.90 bits per heavy atom. The zero-order valence-electron chi connectivity index (χ0n) is 16.6. The van der Waals surface area contributed by atoms with Crippen molar-refractivity contribution in [1.29, 1.82) is 0 Å². The van der Waals surface area contributed by atoms with E-state index in [0.717, 1.165) is 0 Å². The molecule has 3 aromatic rings. The van der Waals surface area contributed by atoms with E-state index < -0.39 is 17.6 Å². The van der Waals surface area contributed by atoms with E-state index >= 15 is 0 Å². The minimum Gasteiger partial charge on any atom is -0.478 e. The highest BCUT2D eigenvalue weighted by molar-refractivity contribution is 6.07. The number of benzene rings is 2. The van der Waals surface area contributed by atoms with Crippen molar-refractivity contribution >= 4 is 23.5 Å². The van der Waals surface area contributed by atoms with Gasteiger partial charge in [0.05, 0.1) is 17.9 Å². The number of carbonyl (C=O) groups is 3. The van der Waals surface area contributed by atoms with Crippen molar-refractivity contribution in [2.75, 3.05) is 11.5 Å². The summed E-state index contributed by atoms with van der Waals surface area (Å²) in [5.41, 5.74) is 0.503. The number of para-hydroxylation sites is 1. The van der Waals surface area contributed by atoms with E-state index in [1.807, 2.05) is 0 Å². The zero-order valence-corrected chi connectivity index (χ0v) is 16.6. The molecule has 3 heterocycles. The third-order valence-corrected chi connectivity index (χ3v) is 5.65. The topological polar surface area (TPSA) is 115 Å². The molecule has 1 unspecified atom stereocenters. The number of carboxylic acids is 1. The highest BCUT2D eigenvalue weighted by atomic mass is 16.5. The lowest BCUT2D eigenvalue weighted by Crippen LogP contribution is -2.56. The number of anilines is 1. The predicted molar refractivity (Wildman–Crippen MR) is 109 cm³/mol. The summed E-state index contributed by atoms with van der Waals surface area (Å²) in [6, 6.07) is 13.7. The van der Waals surface area contributed by atoms with Crippen molar-refractivity contribution < 1.29 is 24.2 Å². The maximum absolute atomic E-state index is 12.7. The number of ether oxygens (including phenoxy) is 1. The molecule has 9 nitrogen and oxygen atoms in total. The van der Waals surface area contributed by atoms with Crippen molar-refractivity contribution in [3.8, 4) is 22.8 Å². The second kappa shape index (κ2) is 6.76. The molecule has 1 atom stereocenters. The fraction of sp³-hybridized carbons (Fsp3) is 0.227. The molecule has 1 amide bonds. The Bertz CT molecular complexity index is 1230. The largest absolute Gasteiger partial charge is 0.478 e. The Labute approximate surface area is 176 Å². The molecule has 0 bridgehead atoms. The van der Waals surface area contributed by atoms with Gasteiger partial charge in [0.25, 0.3) is 0 Å². The molecule has 0 spiro atoms. The normalized spacial score (nSPS) is 18.9. The van der Waals surface area contributed by atoms with Crippen LogP contribution in [0, 0.1) is 0 Å². The zero-order chi connectivity index (χ0) is 21.8. The number of carbonyl (C=O) groups excluding carboxylic acids is 2. The summed E-state index contributed by atoms with van der Waals surface area (Å²) in [5, 5.41) is 14.7. The van der Waals surface area contributed by atoms with Crippen LogP contribution in [0.1, 0.15) is 30.1 Å². The third-order valence-electron chi connectivity index (χ3n) is 5.65. The number of carboxylic acid groups (broad SMARTS) is 1. The first-order valence-corrected chi connectivity index (χ1v) is 9.88. The van der Waals surface area contributed by atoms with E-state index in [1.165, 1.54) is 9.58 Å². The van der Waals surface area contributed by atoms with Crippen molar-refractivity contribution in [1.82, 2.24) is 14.8 Å². The molecule has 1 N–H and O–H groups in total. The second-order valence-corrected chi connectivity index (χ2v) is 7.34. The number of hydrogen-bond donors (Lipinski definition) is 1. The van der Waals surface area contributed by atoms with Crippen LogP contribution < -0.4 is 4.90 Å². The van der Waals surface area contributed by atoms with E-state index in [9.17, 15) is 19.5 Å². The van der Waals surface area contributed by atoms with E-state index in [0.29, 0.717) is 34.0 Å². The maximum atomic E-state index is 12.7. The van der Waals surface area contributed by atoms with Gasteiger partial charge in [0, 0.05) is 24.0 Å². The Kier molecular flexibility index (Phi) is 4.14. The third kappa shape index (κ3) is 2.59. The Morgan fingerprint density at radius 3 is 2.61 bits per heavy atom. The molecule has 31 heavy (non-hydrogen) atoms. The van der Waals surface area contributed by atoms with Crippen LogP contribution >= 0.6 is 0 Å². The lowest BCUT2D eigenvalue weighted by molar-refractivity contribution is -0.148. The first-order valence-electron chi connectivity index (χ1n) is 9.88. The van der Waals surface area contributed by atoms with Crippen LogP contribution in [0.3, 0.4) is 0 Å². The molecule has 0 saturated carbocycles. The molecule has 9 heteroatoms. The quantitative estimate of drug-likeness (QED) is 0.648. The molecule has 1 saturated heterocycles. The van der Waals surface area contributed by atoms with Gasteiger partial charge in [-0.1, -0.05) is 24.3 Å². The van der Waals surface area contributed by atoms with Gasteiger partial charge in [-0.05, 0) is 31.2 Å². The molecular weight excluding hydrogens is 400 g/mol. The van der Waals surface area contributed by atoms with Crippen LogP contribution in [-0.4, -0.2) is 44.3 Å². The van der Waals surface area contributed by atoms with Crippen molar-refractivity contribution in [3.63, 3.8) is 0 Å². The van der Waals surface area contributed by atoms with Crippen molar-refractivity contribution in [2.45, 2.75) is 25.4 Å². The van der Waals surface area contributed by atoms with Crippen molar-refractivity contribution in [3.05, 3.63) is 54.1 Å². The summed E-state index contributed by atoms with van der Waals surface area (Å²) in [7, 11) is 0. The van der Waals surface area contributed by atoms with Gasteiger partial charge in [0.2, 0.25) is 11.6 Å². The summed E-state index contributed by atoms with van der Waals surface area (Å²) in [6.07, 6.45) is 0.191. The molecule has 0 radical (unpaired) electrons. The molecule has 1 aromatic heterocycles. The molecular formula is C22H18N4O5. The van der Waals surface area contributed by atoms with Gasteiger partial charge in [0.15, 0.2) is 11.6 Å². The fourth-order valence-electron chi connectivity index (χ4n) is 4.23. The van der Waals surface area contributed by atoms with E-state index in [1.54, 1.807) is 55.5 Å². The number of hydrogen-bond acceptors (Lipinski definition) is 6. The SMILES string of the molecule is CCOC(=O)c1ccc(-c2nc3n(n2)C2(C(=O)O)CCC(=O)N2c2ccccc2-3)cc1. The van der Waals surface area contributed by atoms with Crippen LogP contribution in [0.2, 0.25) is 0 Å². The van der Waals surface area contributed by atoms with E-state index in [2.05, 4.69) is 10.1 Å². The highest BCUT2D eigenvalue weighted by Crippen LogP contribution is 2.48. The van der Waals surface area contributed by atoms with Gasteiger partial charge >= 0.3 is 11.9 Å². The first-order chi connectivity index (χ1) is 15.0. The molecule has 156 valence electrons. The van der Waals surface area contributed by atoms with Gasteiger partial charge in [0.1, 0.15) is 0 Å². The lowest BCUT2D eigenvalue weighted by Gasteiger charge is -2.39. The lowest BCUT2D eigenvalue weighted by atomic mass is 10.0. The van der Waals surface area contributed by atoms with Crippen LogP contribution in [0.25, 0.3) is 22.8 Å². The van der Waals surface area contributed by atoms with Crippen LogP contribution in [0.4, 0.5) is 5.69 Å². The highest BCUT2D eigenvalue weighted by Gasteiger charge is 2.58. The van der Waals surface area contributed by atoms with Crippen molar-refractivity contribution in [2.24, 2.45) is 0 Å². The molecule has 0 aliphatic carbocycles. The van der Waals surface area contributed by atoms with Gasteiger partial charge in [-0.15, -0.1) is 5.10 Å². The first kappa shape index (κ1) is 19.0. The number of rotatable bonds is 4. The Balaban J connectivity index is 1.66. The monoisotopic (exact) mass is 418 g/mol. The predicted octanol–water partition coefficient (Wildman–Crippen LogP) is 2.67. The number of fused-ring (bicyclic) bond motifs is 6. The number of aliphatic carboxylic acids is 1. The minimum atomic E-state index is -1.66. The summed E-state index contributed by atoms with van der Waals surface area (Å²) in [6.45, 7) is 2.01. The molecule has 5 rings (SSSR count).